The highest BCUT2D eigenvalue weighted by atomic mass is 16.5. The van der Waals surface area contributed by atoms with Crippen LogP contribution < -0.4 is 52.1 Å². The van der Waals surface area contributed by atoms with Gasteiger partial charge in [0.1, 0.15) is 23.0 Å². The lowest BCUT2D eigenvalue weighted by Gasteiger charge is -2.43. The van der Waals surface area contributed by atoms with E-state index in [1.165, 1.54) is 77.7 Å². The lowest BCUT2D eigenvalue weighted by atomic mass is 9.30. The number of hydrogen-bond acceptors (Lipinski definition) is 4. The summed E-state index contributed by atoms with van der Waals surface area (Å²) in [7, 11) is 0. The van der Waals surface area contributed by atoms with Gasteiger partial charge in [0, 0.05) is 40.2 Å². The van der Waals surface area contributed by atoms with E-state index in [2.05, 4.69) is 221 Å². The molecular weight excluding hydrogens is 802 g/mol. The molecule has 0 saturated heterocycles. The first-order chi connectivity index (χ1) is 32.2. The van der Waals surface area contributed by atoms with E-state index in [-0.39, 0.29) is 13.4 Å². The molecule has 4 aliphatic rings. The molecule has 0 spiro atoms. The minimum Gasteiger partial charge on any atom is -0.458 e. The van der Waals surface area contributed by atoms with Gasteiger partial charge >= 0.3 is 0 Å². The van der Waals surface area contributed by atoms with Crippen molar-refractivity contribution >= 4 is 80.3 Å². The maximum absolute atomic E-state index is 7.31. The van der Waals surface area contributed by atoms with Gasteiger partial charge in [-0.2, -0.15) is 0 Å². The molecule has 0 aliphatic carbocycles. The third kappa shape index (κ3) is 5.74. The number of anilines is 6. The smallest absolute Gasteiger partial charge is 0.256 e. The molecule has 0 unspecified atom stereocenters. The number of aryl methyl sites for hydroxylation is 6. The van der Waals surface area contributed by atoms with Crippen LogP contribution in [0.5, 0.6) is 23.0 Å². The van der Waals surface area contributed by atoms with Gasteiger partial charge in [0.05, 0.1) is 0 Å². The van der Waals surface area contributed by atoms with Crippen LogP contribution in [0.15, 0.2) is 170 Å². The van der Waals surface area contributed by atoms with Gasteiger partial charge in [-0.25, -0.2) is 0 Å². The third-order valence-electron chi connectivity index (χ3n) is 14.6. The number of ether oxygens (including phenoxy) is 2. The Hall–Kier alpha value is -7.69. The van der Waals surface area contributed by atoms with Crippen LogP contribution >= 0.6 is 0 Å². The molecule has 6 heteroatoms. The van der Waals surface area contributed by atoms with Gasteiger partial charge in [0.25, 0.3) is 13.4 Å². The number of rotatable bonds is 4. The summed E-state index contributed by atoms with van der Waals surface area (Å²) in [6.07, 6.45) is 0. The van der Waals surface area contributed by atoms with Gasteiger partial charge in [-0.05, 0) is 168 Å². The standard InChI is InChI=1S/C60H46B2N2O2/c1-35-18-23-43(24-19-35)63-50-27-22-37(3)28-47(50)61-48-33-49-55(34-54(48)65-56-31-41(29-52(63)59(56)61)45-15-9-7-12-38(45)4)66-57-32-42(46-16-10-8-13-39(46)5)30-53-60(57)62(49)58-40(6)14-11-17-51(58)64(53)44-25-20-36(2)21-26-44/h7-34H,1-6H3. The summed E-state index contributed by atoms with van der Waals surface area (Å²) >= 11 is 0. The Labute approximate surface area is 387 Å². The van der Waals surface area contributed by atoms with Gasteiger partial charge in [-0.15, -0.1) is 0 Å². The Bertz CT molecular complexity index is 3520. The Morgan fingerprint density at radius 3 is 1.41 bits per heavy atom. The second-order valence-corrected chi connectivity index (χ2v) is 18.9. The maximum Gasteiger partial charge on any atom is 0.256 e. The van der Waals surface area contributed by atoms with E-state index in [4.69, 9.17) is 9.47 Å². The number of benzene rings is 9. The van der Waals surface area contributed by atoms with Crippen molar-refractivity contribution in [2.24, 2.45) is 0 Å². The average Bonchev–Trinajstić information content (AvgIpc) is 3.32. The summed E-state index contributed by atoms with van der Waals surface area (Å²) in [6, 6.07) is 62.9. The summed E-state index contributed by atoms with van der Waals surface area (Å²) in [5, 5.41) is 0. The van der Waals surface area contributed by atoms with Crippen LogP contribution in [0.4, 0.5) is 34.1 Å². The SMILES string of the molecule is Cc1ccc(N2c3ccc(C)cc3B3c4cc5c(cc4Oc4cc(-c6ccccc6C)cc2c43)Oc2cc(-c3ccccc3C)cc3c2B5c2c(C)cccc2N3c2ccc(C)cc2)cc1. The number of fused-ring (bicyclic) bond motifs is 8. The van der Waals surface area contributed by atoms with E-state index < -0.39 is 0 Å². The number of nitrogens with zero attached hydrogens (tertiary/aromatic N) is 2. The van der Waals surface area contributed by atoms with Gasteiger partial charge in [0.15, 0.2) is 0 Å². The minimum absolute atomic E-state index is 0.0817. The fourth-order valence-corrected chi connectivity index (χ4v) is 11.4. The van der Waals surface area contributed by atoms with Crippen LogP contribution in [0.1, 0.15) is 33.4 Å². The predicted molar refractivity (Wildman–Crippen MR) is 277 cm³/mol. The average molecular weight is 849 g/mol. The van der Waals surface area contributed by atoms with Crippen LogP contribution in [0, 0.1) is 41.5 Å². The maximum atomic E-state index is 7.31. The highest BCUT2D eigenvalue weighted by molar-refractivity contribution is 7.02. The molecule has 314 valence electrons. The van der Waals surface area contributed by atoms with Crippen molar-refractivity contribution in [3.05, 3.63) is 203 Å². The van der Waals surface area contributed by atoms with E-state index in [1.807, 2.05) is 0 Å². The third-order valence-corrected chi connectivity index (χ3v) is 14.6. The molecule has 0 atom stereocenters. The van der Waals surface area contributed by atoms with E-state index in [0.717, 1.165) is 67.8 Å². The Kier molecular flexibility index (Phi) is 8.46. The normalized spacial score (nSPS) is 13.4. The first-order valence-electron chi connectivity index (χ1n) is 23.1. The van der Waals surface area contributed by atoms with Crippen molar-refractivity contribution in [1.82, 2.24) is 0 Å². The molecule has 9 aromatic carbocycles. The van der Waals surface area contributed by atoms with Crippen molar-refractivity contribution in [3.63, 3.8) is 0 Å². The first kappa shape index (κ1) is 38.7. The van der Waals surface area contributed by atoms with Crippen molar-refractivity contribution < 1.29 is 9.47 Å². The molecule has 4 nitrogen and oxygen atoms in total. The molecule has 9 aromatic rings. The molecular formula is C60H46B2N2O2. The van der Waals surface area contributed by atoms with Crippen molar-refractivity contribution in [2.75, 3.05) is 9.80 Å². The molecule has 13 rings (SSSR count). The van der Waals surface area contributed by atoms with Gasteiger partial charge in [-0.1, -0.05) is 125 Å². The van der Waals surface area contributed by atoms with Crippen LogP contribution in [-0.4, -0.2) is 13.4 Å². The summed E-state index contributed by atoms with van der Waals surface area (Å²) in [5.74, 6) is 3.41. The lowest BCUT2D eigenvalue weighted by Crippen LogP contribution is -2.63. The fourth-order valence-electron chi connectivity index (χ4n) is 11.4. The summed E-state index contributed by atoms with van der Waals surface area (Å²) in [5.41, 5.74) is 26.2. The summed E-state index contributed by atoms with van der Waals surface area (Å²) in [4.78, 5) is 4.92. The molecule has 0 aromatic heterocycles. The molecule has 0 amide bonds. The first-order valence-corrected chi connectivity index (χ1v) is 23.1. The molecule has 4 heterocycles. The van der Waals surface area contributed by atoms with Crippen LogP contribution in [0.25, 0.3) is 22.3 Å². The fraction of sp³-hybridized carbons (Fsp3) is 0.100. The molecule has 0 radical (unpaired) electrons. The second-order valence-electron chi connectivity index (χ2n) is 18.9. The van der Waals surface area contributed by atoms with E-state index in [9.17, 15) is 0 Å². The van der Waals surface area contributed by atoms with Crippen molar-refractivity contribution in [2.45, 2.75) is 41.5 Å². The minimum atomic E-state index is -0.0835. The summed E-state index contributed by atoms with van der Waals surface area (Å²) in [6.45, 7) is 13.0. The van der Waals surface area contributed by atoms with E-state index in [1.54, 1.807) is 0 Å². The van der Waals surface area contributed by atoms with Gasteiger partial charge in [-0.3, -0.25) is 0 Å². The van der Waals surface area contributed by atoms with Crippen LogP contribution in [0.3, 0.4) is 0 Å². The second kappa shape index (κ2) is 14.4. The highest BCUT2D eigenvalue weighted by Gasteiger charge is 2.47. The van der Waals surface area contributed by atoms with Crippen LogP contribution in [-0.2, 0) is 0 Å². The van der Waals surface area contributed by atoms with E-state index >= 15 is 0 Å². The predicted octanol–water partition coefficient (Wildman–Crippen LogP) is 11.7. The monoisotopic (exact) mass is 848 g/mol. The lowest BCUT2D eigenvalue weighted by molar-refractivity contribution is 0.466. The Morgan fingerprint density at radius 2 is 0.833 bits per heavy atom. The molecule has 0 N–H and O–H groups in total. The van der Waals surface area contributed by atoms with E-state index in [0.29, 0.717) is 0 Å². The largest absolute Gasteiger partial charge is 0.458 e. The topological polar surface area (TPSA) is 24.9 Å². The zero-order valence-electron chi connectivity index (χ0n) is 38.0. The molecule has 4 aliphatic heterocycles. The van der Waals surface area contributed by atoms with Crippen LogP contribution in [0.2, 0.25) is 0 Å². The van der Waals surface area contributed by atoms with Crippen molar-refractivity contribution in [3.8, 4) is 45.3 Å². The zero-order chi connectivity index (χ0) is 44.5. The highest BCUT2D eigenvalue weighted by Crippen LogP contribution is 2.47. The molecule has 66 heavy (non-hydrogen) atoms. The zero-order valence-corrected chi connectivity index (χ0v) is 38.0. The molecule has 0 saturated carbocycles. The van der Waals surface area contributed by atoms with Gasteiger partial charge in [0.2, 0.25) is 0 Å². The summed E-state index contributed by atoms with van der Waals surface area (Å²) < 4.78 is 14.6. The Balaban J connectivity index is 1.07. The quantitative estimate of drug-likeness (QED) is 0.165. The van der Waals surface area contributed by atoms with Gasteiger partial charge < -0.3 is 19.3 Å². The Morgan fingerprint density at radius 1 is 0.333 bits per heavy atom. The molecule has 0 fully saturated rings. The number of hydrogen-bond donors (Lipinski definition) is 0. The molecule has 0 bridgehead atoms. The van der Waals surface area contributed by atoms with Crippen molar-refractivity contribution in [1.29, 1.82) is 0 Å².